The molecule has 0 aliphatic rings. The molecule has 3 N–H and O–H groups in total. The van der Waals surface area contributed by atoms with Crippen molar-refractivity contribution >= 4 is 5.69 Å². The molecule has 0 saturated heterocycles. The Kier molecular flexibility index (Phi) is 3.12. The van der Waals surface area contributed by atoms with Gasteiger partial charge in [0.05, 0.1) is 10.9 Å². The number of non-ortho nitro benzene ring substituents is 1. The second-order valence-electron chi connectivity index (χ2n) is 2.93. The van der Waals surface area contributed by atoms with Gasteiger partial charge in [-0.15, -0.1) is 0 Å². The van der Waals surface area contributed by atoms with Crippen molar-refractivity contribution in [1.82, 2.24) is 0 Å². The van der Waals surface area contributed by atoms with Crippen molar-refractivity contribution in [2.75, 3.05) is 0 Å². The van der Waals surface area contributed by atoms with Crippen LogP contribution in [0.25, 0.3) is 0 Å². The van der Waals surface area contributed by atoms with E-state index in [1.54, 1.807) is 0 Å². The average molecular weight is 209 g/mol. The van der Waals surface area contributed by atoms with E-state index >= 15 is 0 Å². The summed E-state index contributed by atoms with van der Waals surface area (Å²) in [5.74, 6) is -1.17. The predicted molar refractivity (Wildman–Crippen MR) is 50.6 cm³/mol. The maximum atomic E-state index is 10.4. The zero-order valence-corrected chi connectivity index (χ0v) is 7.71. The summed E-state index contributed by atoms with van der Waals surface area (Å²) in [4.78, 5) is 9.80. The number of nitro groups is 1. The summed E-state index contributed by atoms with van der Waals surface area (Å²) in [7, 11) is 0. The summed E-state index contributed by atoms with van der Waals surface area (Å²) in [6.07, 6.45) is 0.0767. The molecule has 0 bridgehead atoms. The van der Waals surface area contributed by atoms with Crippen LogP contribution in [0.5, 0.6) is 0 Å². The summed E-state index contributed by atoms with van der Waals surface area (Å²) in [5.41, 5.74) is 5.63. The fourth-order valence-electron chi connectivity index (χ4n) is 1.03. The fourth-order valence-corrected chi connectivity index (χ4v) is 1.03. The van der Waals surface area contributed by atoms with E-state index in [0.717, 1.165) is 0 Å². The summed E-state index contributed by atoms with van der Waals surface area (Å²) in [6.45, 7) is 0. The first-order valence-electron chi connectivity index (χ1n) is 4.08. The third-order valence-electron chi connectivity index (χ3n) is 1.82. The highest BCUT2D eigenvalue weighted by Crippen LogP contribution is 2.13. The molecule has 0 radical (unpaired) electrons. The Morgan fingerprint density at radius 2 is 1.93 bits per heavy atom. The molecule has 0 aliphatic carbocycles. The fraction of sp³-hybridized carbons (Fsp3) is 0.111. The predicted octanol–water partition coefficient (Wildman–Crippen LogP) is 0.183. The van der Waals surface area contributed by atoms with Gasteiger partial charge in [0.25, 0.3) is 5.69 Å². The van der Waals surface area contributed by atoms with Crippen molar-refractivity contribution in [2.24, 2.45) is 5.73 Å². The van der Waals surface area contributed by atoms with E-state index in [0.29, 0.717) is 5.56 Å². The van der Waals surface area contributed by atoms with Crippen LogP contribution in [0.3, 0.4) is 0 Å². The van der Waals surface area contributed by atoms with Crippen LogP contribution in [0, 0.1) is 10.1 Å². The van der Waals surface area contributed by atoms with Crippen LogP contribution in [0.2, 0.25) is 0 Å². The van der Waals surface area contributed by atoms with Crippen LogP contribution in [0.1, 0.15) is 5.56 Å². The standard InChI is InChI=1S/C9H10N2O4/c10-8(9(12)13)5-6-1-3-7(4-2-6)11(14)15/h1-4,12-13H,5,10H2/p-1. The number of aliphatic hydroxyl groups excluding tert-OH is 1. The Bertz CT molecular complexity index is 393. The Balaban J connectivity index is 2.82. The zero-order chi connectivity index (χ0) is 11.4. The number of nitrogens with zero attached hydrogens (tertiary/aromatic N) is 1. The normalized spacial score (nSPS) is 12.0. The summed E-state index contributed by atoms with van der Waals surface area (Å²) in [5, 5.41) is 29.2. The number of aliphatic hydroxyl groups is 1. The first-order valence-corrected chi connectivity index (χ1v) is 4.08. The Morgan fingerprint density at radius 1 is 1.40 bits per heavy atom. The van der Waals surface area contributed by atoms with Crippen molar-refractivity contribution < 1.29 is 15.1 Å². The van der Waals surface area contributed by atoms with Crippen molar-refractivity contribution in [3.8, 4) is 0 Å². The molecule has 0 aliphatic heterocycles. The number of nitrogens with two attached hydrogens (primary N) is 1. The minimum atomic E-state index is -1.17. The van der Waals surface area contributed by atoms with Crippen molar-refractivity contribution in [1.29, 1.82) is 0 Å². The molecule has 0 saturated carbocycles. The molecule has 1 rings (SSSR count). The molecule has 0 unspecified atom stereocenters. The molecule has 6 nitrogen and oxygen atoms in total. The van der Waals surface area contributed by atoms with Crippen LogP contribution < -0.4 is 10.8 Å². The van der Waals surface area contributed by atoms with E-state index in [2.05, 4.69) is 0 Å². The van der Waals surface area contributed by atoms with Gasteiger partial charge in [-0.1, -0.05) is 12.1 Å². The van der Waals surface area contributed by atoms with Crippen LogP contribution in [0.15, 0.2) is 35.9 Å². The van der Waals surface area contributed by atoms with Gasteiger partial charge < -0.3 is 15.9 Å². The summed E-state index contributed by atoms with van der Waals surface area (Å²) >= 11 is 0. The zero-order valence-electron chi connectivity index (χ0n) is 7.71. The van der Waals surface area contributed by atoms with Crippen molar-refractivity contribution in [3.63, 3.8) is 0 Å². The summed E-state index contributed by atoms with van der Waals surface area (Å²) in [6, 6.07) is 5.58. The minimum Gasteiger partial charge on any atom is -0.628 e. The van der Waals surface area contributed by atoms with Gasteiger partial charge in [-0.25, -0.2) is 0 Å². The van der Waals surface area contributed by atoms with Crippen LogP contribution in [-0.4, -0.2) is 10.0 Å². The molecule has 6 heteroatoms. The molecular weight excluding hydrogens is 200 g/mol. The average Bonchev–Trinajstić information content (AvgIpc) is 2.18. The molecule has 0 fully saturated rings. The highest BCUT2D eigenvalue weighted by Gasteiger charge is 2.04. The maximum Gasteiger partial charge on any atom is 0.269 e. The molecule has 0 amide bonds. The lowest BCUT2D eigenvalue weighted by Crippen LogP contribution is -2.14. The van der Waals surface area contributed by atoms with E-state index in [-0.39, 0.29) is 17.8 Å². The van der Waals surface area contributed by atoms with Crippen molar-refractivity contribution in [3.05, 3.63) is 51.6 Å². The van der Waals surface area contributed by atoms with Gasteiger partial charge in [-0.2, -0.15) is 0 Å². The maximum absolute atomic E-state index is 10.4. The third-order valence-corrected chi connectivity index (χ3v) is 1.82. The minimum absolute atomic E-state index is 0.0346. The second-order valence-corrected chi connectivity index (χ2v) is 2.93. The van der Waals surface area contributed by atoms with Gasteiger partial charge in [0, 0.05) is 24.3 Å². The van der Waals surface area contributed by atoms with E-state index in [1.165, 1.54) is 24.3 Å². The Labute approximate surface area is 85.4 Å². The van der Waals surface area contributed by atoms with Gasteiger partial charge in [0.1, 0.15) is 0 Å². The van der Waals surface area contributed by atoms with Crippen LogP contribution in [0.4, 0.5) is 5.69 Å². The van der Waals surface area contributed by atoms with E-state index < -0.39 is 10.9 Å². The highest BCUT2D eigenvalue weighted by molar-refractivity contribution is 5.34. The number of rotatable bonds is 3. The molecule has 80 valence electrons. The van der Waals surface area contributed by atoms with E-state index in [1.807, 2.05) is 0 Å². The van der Waals surface area contributed by atoms with Gasteiger partial charge >= 0.3 is 0 Å². The van der Waals surface area contributed by atoms with E-state index in [4.69, 9.17) is 10.8 Å². The Hall–Kier alpha value is -2.24. The Morgan fingerprint density at radius 3 is 2.33 bits per heavy atom. The topological polar surface area (TPSA) is 112 Å². The smallest absolute Gasteiger partial charge is 0.269 e. The number of benzene rings is 1. The SMILES string of the molecule is N/C(Cc1ccc([N+](=O)[O-])cc1)=C(/[O-])O. The number of hydrogen-bond acceptors (Lipinski definition) is 5. The quantitative estimate of drug-likeness (QED) is 0.419. The van der Waals surface area contributed by atoms with Gasteiger partial charge in [0.2, 0.25) is 0 Å². The first kappa shape index (κ1) is 10.8. The monoisotopic (exact) mass is 209 g/mol. The molecule has 0 heterocycles. The van der Waals surface area contributed by atoms with Crippen LogP contribution in [-0.2, 0) is 6.42 Å². The lowest BCUT2D eigenvalue weighted by molar-refractivity contribution is -0.384. The summed E-state index contributed by atoms with van der Waals surface area (Å²) < 4.78 is 0. The molecule has 15 heavy (non-hydrogen) atoms. The molecule has 0 aromatic heterocycles. The first-order chi connectivity index (χ1) is 7.00. The highest BCUT2D eigenvalue weighted by atomic mass is 16.6. The number of nitro benzene ring substituents is 1. The lowest BCUT2D eigenvalue weighted by Gasteiger charge is -2.06. The van der Waals surface area contributed by atoms with Crippen molar-refractivity contribution in [2.45, 2.75) is 6.42 Å². The molecule has 1 aromatic rings. The van der Waals surface area contributed by atoms with Crippen LogP contribution >= 0.6 is 0 Å². The number of hydrogen-bond donors (Lipinski definition) is 2. The largest absolute Gasteiger partial charge is 0.628 e. The molecule has 0 atom stereocenters. The number of allylic oxidation sites excluding steroid dienone is 1. The second kappa shape index (κ2) is 4.32. The van der Waals surface area contributed by atoms with Gasteiger partial charge in [-0.05, 0) is 5.56 Å². The van der Waals surface area contributed by atoms with E-state index in [9.17, 15) is 15.2 Å². The molecular formula is C9H9N2O4-. The third kappa shape index (κ3) is 2.87. The van der Waals surface area contributed by atoms with Gasteiger partial charge in [-0.3, -0.25) is 10.1 Å². The molecule has 0 spiro atoms. The van der Waals surface area contributed by atoms with Gasteiger partial charge in [0.15, 0.2) is 0 Å². The lowest BCUT2D eigenvalue weighted by atomic mass is 10.1. The molecule has 1 aromatic carbocycles.